The van der Waals surface area contributed by atoms with E-state index in [4.69, 9.17) is 4.99 Å². The third kappa shape index (κ3) is 10.4. The second kappa shape index (κ2) is 16.3. The molecule has 3 nitrogen and oxygen atoms in total. The molecule has 1 rings (SSSR count). The summed E-state index contributed by atoms with van der Waals surface area (Å²) in [5.74, 6) is 1.28. The summed E-state index contributed by atoms with van der Waals surface area (Å²) in [5, 5.41) is 9.36. The maximum atomic E-state index is 9.36. The Hall–Kier alpha value is -0.670. The van der Waals surface area contributed by atoms with Crippen LogP contribution in [-0.2, 0) is 0 Å². The number of aliphatic imine (C=N–C) groups is 1. The number of aliphatic hydroxyl groups excluding tert-OH is 1. The number of allylic oxidation sites excluding steroid dienone is 1. The first-order valence-electron chi connectivity index (χ1n) is 11.9. The first kappa shape index (κ1) is 24.4. The molecule has 0 fully saturated rings. The maximum Gasteiger partial charge on any atom is 0.202 e. The van der Waals surface area contributed by atoms with E-state index < -0.39 is 0 Å². The maximum absolute atomic E-state index is 9.36. The molecule has 0 aromatic carbocycles. The summed E-state index contributed by atoms with van der Waals surface area (Å²) in [6.07, 6.45) is 23.8. The van der Waals surface area contributed by atoms with Crippen LogP contribution in [0, 0.1) is 0 Å². The number of rotatable bonds is 18. The van der Waals surface area contributed by atoms with Crippen molar-refractivity contribution in [2.45, 2.75) is 104 Å². The molecule has 0 saturated heterocycles. The highest BCUT2D eigenvalue weighted by Crippen LogP contribution is 2.18. The number of amidine groups is 1. The molecule has 1 heterocycles. The Morgan fingerprint density at radius 3 is 2.00 bits per heavy atom. The minimum atomic E-state index is 0.259. The Labute approximate surface area is 169 Å². The average Bonchev–Trinajstić information content (AvgIpc) is 3.08. The zero-order chi connectivity index (χ0) is 19.6. The molecule has 0 bridgehead atoms. The molecular weight excluding hydrogens is 332 g/mol. The fourth-order valence-corrected chi connectivity index (χ4v) is 4.25. The second-order valence-corrected chi connectivity index (χ2v) is 8.28. The lowest BCUT2D eigenvalue weighted by molar-refractivity contribution is -0.834. The van der Waals surface area contributed by atoms with E-state index >= 15 is 0 Å². The van der Waals surface area contributed by atoms with Crippen molar-refractivity contribution in [2.24, 2.45) is 4.99 Å². The van der Waals surface area contributed by atoms with Crippen LogP contribution in [0.3, 0.4) is 0 Å². The molecule has 3 heteroatoms. The number of likely N-dealkylation sites (N-methyl/N-ethyl adjacent to an activating group) is 1. The van der Waals surface area contributed by atoms with Crippen molar-refractivity contribution in [3.05, 3.63) is 12.2 Å². The molecule has 158 valence electrons. The normalized spacial score (nSPS) is 19.9. The molecule has 0 aromatic rings. The Balaban J connectivity index is 1.95. The second-order valence-electron chi connectivity index (χ2n) is 8.28. The number of unbranched alkanes of at least 4 members (excludes halogenated alkanes) is 12. The van der Waals surface area contributed by atoms with E-state index in [0.717, 1.165) is 37.1 Å². The van der Waals surface area contributed by atoms with Crippen molar-refractivity contribution >= 4 is 5.84 Å². The standard InChI is InChI=1S/C24H47N2O/c1-3-5-6-7-8-9-10-11-12-13-14-15-16-17-18-19-24-25-20-21-26(24,4-2)22-23-27/h17-18,27H,3-16,19-23H2,1-2H3/q+1/b18-17+. The van der Waals surface area contributed by atoms with Gasteiger partial charge in [0.2, 0.25) is 5.84 Å². The van der Waals surface area contributed by atoms with Crippen LogP contribution in [0.2, 0.25) is 0 Å². The van der Waals surface area contributed by atoms with Crippen LogP contribution in [0.5, 0.6) is 0 Å². The quantitative estimate of drug-likeness (QED) is 0.170. The summed E-state index contributed by atoms with van der Waals surface area (Å²) >= 11 is 0. The van der Waals surface area contributed by atoms with Gasteiger partial charge in [-0.25, -0.2) is 4.99 Å². The highest BCUT2D eigenvalue weighted by molar-refractivity contribution is 5.78. The van der Waals surface area contributed by atoms with Crippen LogP contribution in [0.15, 0.2) is 17.1 Å². The van der Waals surface area contributed by atoms with Gasteiger partial charge in [-0.15, -0.1) is 0 Å². The summed E-state index contributed by atoms with van der Waals surface area (Å²) in [6, 6.07) is 0. The molecule has 1 aliphatic rings. The van der Waals surface area contributed by atoms with Gasteiger partial charge < -0.3 is 5.11 Å². The molecule has 0 saturated carbocycles. The largest absolute Gasteiger partial charge is 0.390 e. The fourth-order valence-electron chi connectivity index (χ4n) is 4.25. The Morgan fingerprint density at radius 1 is 0.852 bits per heavy atom. The first-order chi connectivity index (χ1) is 13.3. The number of hydrogen-bond donors (Lipinski definition) is 1. The monoisotopic (exact) mass is 379 g/mol. The van der Waals surface area contributed by atoms with Gasteiger partial charge in [-0.2, -0.15) is 0 Å². The molecule has 0 amide bonds. The summed E-state index contributed by atoms with van der Waals surface area (Å²) in [6.45, 7) is 8.63. The topological polar surface area (TPSA) is 32.6 Å². The van der Waals surface area contributed by atoms with Crippen molar-refractivity contribution in [2.75, 3.05) is 32.8 Å². The van der Waals surface area contributed by atoms with Crippen molar-refractivity contribution in [1.29, 1.82) is 0 Å². The van der Waals surface area contributed by atoms with E-state index in [9.17, 15) is 5.11 Å². The van der Waals surface area contributed by atoms with Gasteiger partial charge in [-0.3, -0.25) is 4.48 Å². The average molecular weight is 380 g/mol. The summed E-state index contributed by atoms with van der Waals surface area (Å²) in [5.41, 5.74) is 0. The van der Waals surface area contributed by atoms with Crippen LogP contribution < -0.4 is 0 Å². The van der Waals surface area contributed by atoms with E-state index in [1.807, 2.05) is 0 Å². The lowest BCUT2D eigenvalue weighted by atomic mass is 10.0. The molecular formula is C24H47N2O+. The molecule has 1 aliphatic heterocycles. The minimum Gasteiger partial charge on any atom is -0.390 e. The van der Waals surface area contributed by atoms with Gasteiger partial charge in [0.05, 0.1) is 26.1 Å². The summed E-state index contributed by atoms with van der Waals surface area (Å²) in [4.78, 5) is 4.71. The van der Waals surface area contributed by atoms with E-state index in [1.54, 1.807) is 0 Å². The summed E-state index contributed by atoms with van der Waals surface area (Å²) < 4.78 is 0.902. The van der Waals surface area contributed by atoms with E-state index in [1.165, 1.54) is 89.3 Å². The zero-order valence-electron chi connectivity index (χ0n) is 18.4. The molecule has 27 heavy (non-hydrogen) atoms. The highest BCUT2D eigenvalue weighted by atomic mass is 16.3. The number of hydrogen-bond acceptors (Lipinski definition) is 2. The van der Waals surface area contributed by atoms with Crippen molar-refractivity contribution in [1.82, 2.24) is 0 Å². The molecule has 1 N–H and O–H groups in total. The van der Waals surface area contributed by atoms with Crippen molar-refractivity contribution < 1.29 is 9.59 Å². The van der Waals surface area contributed by atoms with Crippen molar-refractivity contribution in [3.8, 4) is 0 Å². The number of aliphatic hydroxyl groups is 1. The van der Waals surface area contributed by atoms with Crippen LogP contribution in [-0.4, -0.2) is 48.2 Å². The molecule has 0 spiro atoms. The van der Waals surface area contributed by atoms with Gasteiger partial charge in [-0.05, 0) is 19.8 Å². The fraction of sp³-hybridized carbons (Fsp3) is 0.875. The van der Waals surface area contributed by atoms with Crippen LogP contribution in [0.4, 0.5) is 0 Å². The predicted molar refractivity (Wildman–Crippen MR) is 119 cm³/mol. The van der Waals surface area contributed by atoms with Gasteiger partial charge in [0, 0.05) is 0 Å². The third-order valence-electron chi connectivity index (χ3n) is 6.19. The Kier molecular flexibility index (Phi) is 14.7. The molecule has 1 unspecified atom stereocenters. The zero-order valence-corrected chi connectivity index (χ0v) is 18.4. The van der Waals surface area contributed by atoms with E-state index in [2.05, 4.69) is 26.0 Å². The minimum absolute atomic E-state index is 0.259. The van der Waals surface area contributed by atoms with Gasteiger partial charge in [0.25, 0.3) is 0 Å². The third-order valence-corrected chi connectivity index (χ3v) is 6.19. The van der Waals surface area contributed by atoms with Crippen LogP contribution in [0.1, 0.15) is 104 Å². The predicted octanol–water partition coefficient (Wildman–Crippen LogP) is 6.27. The smallest absolute Gasteiger partial charge is 0.202 e. The van der Waals surface area contributed by atoms with Crippen LogP contribution >= 0.6 is 0 Å². The van der Waals surface area contributed by atoms with Gasteiger partial charge >= 0.3 is 0 Å². The molecule has 0 aromatic heterocycles. The molecule has 0 radical (unpaired) electrons. The van der Waals surface area contributed by atoms with E-state index in [-0.39, 0.29) is 6.61 Å². The SMILES string of the molecule is CCCCCCCCCCCCCC/C=C/CC1=NCC[N+]1(CC)CCO. The van der Waals surface area contributed by atoms with Crippen LogP contribution in [0.25, 0.3) is 0 Å². The van der Waals surface area contributed by atoms with Gasteiger partial charge in [0.1, 0.15) is 13.1 Å². The molecule has 1 atom stereocenters. The molecule has 0 aliphatic carbocycles. The lowest BCUT2D eigenvalue weighted by Gasteiger charge is -2.32. The first-order valence-corrected chi connectivity index (χ1v) is 11.9. The van der Waals surface area contributed by atoms with Gasteiger partial charge in [0.15, 0.2) is 0 Å². The highest BCUT2D eigenvalue weighted by Gasteiger charge is 2.34. The summed E-state index contributed by atoms with van der Waals surface area (Å²) in [7, 11) is 0. The van der Waals surface area contributed by atoms with Crippen molar-refractivity contribution in [3.63, 3.8) is 0 Å². The Morgan fingerprint density at radius 2 is 1.44 bits per heavy atom. The number of quaternary nitrogens is 1. The number of nitrogens with zero attached hydrogens (tertiary/aromatic N) is 2. The van der Waals surface area contributed by atoms with Gasteiger partial charge in [-0.1, -0.05) is 89.7 Å². The Bertz CT molecular complexity index is 405. The lowest BCUT2D eigenvalue weighted by Crippen LogP contribution is -2.52. The van der Waals surface area contributed by atoms with E-state index in [0.29, 0.717) is 0 Å².